The number of aliphatic hydroxyl groups excluding tert-OH is 1. The number of rotatable bonds is 3. The van der Waals surface area contributed by atoms with Crippen molar-refractivity contribution in [3.8, 4) is 0 Å². The summed E-state index contributed by atoms with van der Waals surface area (Å²) in [6, 6.07) is 2.51. The van der Waals surface area contributed by atoms with Gasteiger partial charge in [0.1, 0.15) is 11.9 Å². The number of hydrogen-bond donors (Lipinski definition) is 2. The molecular weight excluding hydrogens is 260 g/mol. The van der Waals surface area contributed by atoms with E-state index in [0.29, 0.717) is 12.8 Å². The molecule has 0 radical (unpaired) electrons. The van der Waals surface area contributed by atoms with Crippen LogP contribution in [0.25, 0.3) is 0 Å². The van der Waals surface area contributed by atoms with Gasteiger partial charge in [0.15, 0.2) is 9.84 Å². The minimum Gasteiger partial charge on any atom is -0.475 e. The number of hydrogen-bond acceptors (Lipinski definition) is 5. The molecule has 1 fully saturated rings. The van der Waals surface area contributed by atoms with Gasteiger partial charge in [0.2, 0.25) is 5.76 Å². The Bertz CT molecular complexity index is 544. The maximum absolute atomic E-state index is 11.8. The number of furan rings is 1. The van der Waals surface area contributed by atoms with Crippen LogP contribution in [0.15, 0.2) is 16.5 Å². The summed E-state index contributed by atoms with van der Waals surface area (Å²) in [5.41, 5.74) is 0. The highest BCUT2D eigenvalue weighted by Gasteiger charge is 2.37. The van der Waals surface area contributed by atoms with Gasteiger partial charge >= 0.3 is 5.97 Å². The van der Waals surface area contributed by atoms with Crippen LogP contribution in [-0.2, 0) is 9.84 Å². The van der Waals surface area contributed by atoms with E-state index in [9.17, 15) is 18.3 Å². The maximum Gasteiger partial charge on any atom is 0.371 e. The lowest BCUT2D eigenvalue weighted by Gasteiger charge is -2.25. The first-order chi connectivity index (χ1) is 8.42. The van der Waals surface area contributed by atoms with Gasteiger partial charge in [0.05, 0.1) is 11.0 Å². The highest BCUT2D eigenvalue weighted by atomic mass is 32.2. The zero-order chi connectivity index (χ0) is 13.3. The van der Waals surface area contributed by atoms with Crippen LogP contribution in [-0.4, -0.2) is 35.6 Å². The van der Waals surface area contributed by atoms with E-state index in [1.54, 1.807) is 0 Å². The van der Waals surface area contributed by atoms with Gasteiger partial charge in [0.25, 0.3) is 0 Å². The van der Waals surface area contributed by atoms with E-state index in [1.807, 2.05) is 0 Å². The van der Waals surface area contributed by atoms with E-state index in [4.69, 9.17) is 9.52 Å². The molecule has 1 aliphatic heterocycles. The van der Waals surface area contributed by atoms with E-state index >= 15 is 0 Å². The van der Waals surface area contributed by atoms with Gasteiger partial charge in [-0.1, -0.05) is 6.42 Å². The number of aromatic carboxylic acids is 1. The Labute approximate surface area is 104 Å². The third-order valence-electron chi connectivity index (χ3n) is 3.11. The van der Waals surface area contributed by atoms with Crippen molar-refractivity contribution in [1.29, 1.82) is 0 Å². The fourth-order valence-electron chi connectivity index (χ4n) is 2.14. The fourth-order valence-corrected chi connectivity index (χ4v) is 4.11. The molecule has 1 aromatic rings. The van der Waals surface area contributed by atoms with E-state index < -0.39 is 27.2 Å². The molecular formula is C11H14O6S. The average Bonchev–Trinajstić information content (AvgIpc) is 2.77. The third-order valence-corrected chi connectivity index (χ3v) is 5.38. The van der Waals surface area contributed by atoms with Gasteiger partial charge in [-0.3, -0.25) is 0 Å². The summed E-state index contributed by atoms with van der Waals surface area (Å²) in [5.74, 6) is -1.51. The van der Waals surface area contributed by atoms with Crippen molar-refractivity contribution in [2.24, 2.45) is 0 Å². The van der Waals surface area contributed by atoms with Gasteiger partial charge < -0.3 is 14.6 Å². The van der Waals surface area contributed by atoms with E-state index in [-0.39, 0.29) is 17.3 Å². The van der Waals surface area contributed by atoms with Crippen molar-refractivity contribution in [1.82, 2.24) is 0 Å². The summed E-state index contributed by atoms with van der Waals surface area (Å²) in [6.45, 7) is 0. The Kier molecular flexibility index (Phi) is 3.45. The number of carboxylic acid groups (broad SMARTS) is 1. The lowest BCUT2D eigenvalue weighted by atomic mass is 10.1. The zero-order valence-corrected chi connectivity index (χ0v) is 10.4. The molecule has 6 nitrogen and oxygen atoms in total. The predicted octanol–water partition coefficient (Wildman–Crippen LogP) is 0.979. The first-order valence-corrected chi connectivity index (χ1v) is 7.36. The molecule has 2 rings (SSSR count). The molecule has 2 N–H and O–H groups in total. The number of sulfone groups is 1. The molecule has 18 heavy (non-hydrogen) atoms. The SMILES string of the molecule is O=C(O)c1ccc(C(O)C2CCCCS2(=O)=O)o1. The largest absolute Gasteiger partial charge is 0.475 e. The smallest absolute Gasteiger partial charge is 0.371 e. The Hall–Kier alpha value is -1.34. The van der Waals surface area contributed by atoms with Crippen molar-refractivity contribution >= 4 is 15.8 Å². The Morgan fingerprint density at radius 1 is 1.39 bits per heavy atom. The first kappa shape index (κ1) is 13.1. The molecule has 2 atom stereocenters. The summed E-state index contributed by atoms with van der Waals surface area (Å²) in [4.78, 5) is 10.6. The van der Waals surface area contributed by atoms with Crippen LogP contribution in [0.4, 0.5) is 0 Å². The molecule has 100 valence electrons. The molecule has 1 saturated heterocycles. The Morgan fingerprint density at radius 2 is 2.11 bits per heavy atom. The minimum atomic E-state index is -3.34. The van der Waals surface area contributed by atoms with Gasteiger partial charge in [0, 0.05) is 0 Å². The fraction of sp³-hybridized carbons (Fsp3) is 0.545. The van der Waals surface area contributed by atoms with Crippen LogP contribution in [0.5, 0.6) is 0 Å². The quantitative estimate of drug-likeness (QED) is 0.851. The van der Waals surface area contributed by atoms with E-state index in [1.165, 1.54) is 12.1 Å². The van der Waals surface area contributed by atoms with Crippen molar-refractivity contribution in [2.75, 3.05) is 5.75 Å². The molecule has 0 spiro atoms. The van der Waals surface area contributed by atoms with Gasteiger partial charge in [-0.05, 0) is 25.0 Å². The summed E-state index contributed by atoms with van der Waals surface area (Å²) in [5, 5.41) is 17.8. The lowest BCUT2D eigenvalue weighted by molar-refractivity contribution is 0.0650. The summed E-state index contributed by atoms with van der Waals surface area (Å²) in [7, 11) is -3.34. The number of carbonyl (C=O) groups is 1. The summed E-state index contributed by atoms with van der Waals surface area (Å²) in [6.07, 6.45) is 0.396. The molecule has 0 aromatic carbocycles. The van der Waals surface area contributed by atoms with Crippen molar-refractivity contribution in [2.45, 2.75) is 30.6 Å². The van der Waals surface area contributed by atoms with Gasteiger partial charge in [-0.25, -0.2) is 13.2 Å². The third kappa shape index (κ3) is 2.41. The van der Waals surface area contributed by atoms with Crippen LogP contribution in [0.3, 0.4) is 0 Å². The lowest BCUT2D eigenvalue weighted by Crippen LogP contribution is -2.33. The molecule has 0 amide bonds. The van der Waals surface area contributed by atoms with Crippen LogP contribution in [0, 0.1) is 0 Å². The zero-order valence-electron chi connectivity index (χ0n) is 9.57. The second-order valence-electron chi connectivity index (χ2n) is 4.35. The molecule has 1 aliphatic rings. The molecule has 2 unspecified atom stereocenters. The predicted molar refractivity (Wildman–Crippen MR) is 62.1 cm³/mol. The van der Waals surface area contributed by atoms with Crippen molar-refractivity contribution in [3.63, 3.8) is 0 Å². The van der Waals surface area contributed by atoms with Crippen LogP contribution in [0.1, 0.15) is 41.7 Å². The standard InChI is InChI=1S/C11H14O6S/c12-10(7-4-5-8(17-7)11(13)14)9-3-1-2-6-18(9,15)16/h4-5,9-10,12H,1-3,6H2,(H,13,14). The maximum atomic E-state index is 11.8. The highest BCUT2D eigenvalue weighted by Crippen LogP contribution is 2.31. The summed E-state index contributed by atoms with van der Waals surface area (Å²) < 4.78 is 28.6. The monoisotopic (exact) mass is 274 g/mol. The normalized spacial score (nSPS) is 24.6. The average molecular weight is 274 g/mol. The molecule has 1 aromatic heterocycles. The number of aliphatic hydroxyl groups is 1. The molecule has 0 saturated carbocycles. The van der Waals surface area contributed by atoms with Crippen molar-refractivity contribution < 1.29 is 27.8 Å². The van der Waals surface area contributed by atoms with Crippen LogP contribution in [0.2, 0.25) is 0 Å². The van der Waals surface area contributed by atoms with Crippen LogP contribution >= 0.6 is 0 Å². The molecule has 0 aliphatic carbocycles. The molecule has 7 heteroatoms. The summed E-state index contributed by atoms with van der Waals surface area (Å²) >= 11 is 0. The highest BCUT2D eigenvalue weighted by molar-refractivity contribution is 7.92. The molecule has 2 heterocycles. The second kappa shape index (κ2) is 4.74. The van der Waals surface area contributed by atoms with Gasteiger partial charge in [-0.15, -0.1) is 0 Å². The van der Waals surface area contributed by atoms with E-state index in [2.05, 4.69) is 0 Å². The van der Waals surface area contributed by atoms with Gasteiger partial charge in [-0.2, -0.15) is 0 Å². The van der Waals surface area contributed by atoms with E-state index in [0.717, 1.165) is 6.42 Å². The second-order valence-corrected chi connectivity index (χ2v) is 6.69. The topological polar surface area (TPSA) is 105 Å². The Morgan fingerprint density at radius 3 is 2.67 bits per heavy atom. The van der Waals surface area contributed by atoms with Crippen molar-refractivity contribution in [3.05, 3.63) is 23.7 Å². The van der Waals surface area contributed by atoms with Crippen LogP contribution < -0.4 is 0 Å². The molecule has 0 bridgehead atoms. The first-order valence-electron chi connectivity index (χ1n) is 5.64. The minimum absolute atomic E-state index is 0.0112. The number of carboxylic acids is 1. The Balaban J connectivity index is 2.24.